The van der Waals surface area contributed by atoms with Gasteiger partial charge in [0.25, 0.3) is 0 Å². The van der Waals surface area contributed by atoms with Crippen molar-refractivity contribution in [1.82, 2.24) is 4.98 Å². The lowest BCUT2D eigenvalue weighted by Crippen LogP contribution is -2.26. The molecule has 0 saturated heterocycles. The summed E-state index contributed by atoms with van der Waals surface area (Å²) in [6, 6.07) is 7.69. The predicted molar refractivity (Wildman–Crippen MR) is 163 cm³/mol. The van der Waals surface area contributed by atoms with Gasteiger partial charge in [-0.25, -0.2) is 0 Å². The van der Waals surface area contributed by atoms with Gasteiger partial charge in [-0.3, -0.25) is 14.6 Å². The topological polar surface area (TPSA) is 74.7 Å². The maximum Gasteiger partial charge on any atom is 0.311 e. The molecular weight excluding hydrogens is 502 g/mol. The first kappa shape index (κ1) is 33.1. The minimum Gasteiger partial charge on any atom is -0.495 e. The summed E-state index contributed by atoms with van der Waals surface area (Å²) in [5.74, 6) is 1.41. The Hall–Kier alpha value is -3.15. The summed E-state index contributed by atoms with van der Waals surface area (Å²) in [4.78, 5) is 27.8. The Morgan fingerprint density at radius 1 is 0.900 bits per heavy atom. The Balaban J connectivity index is 1.57. The number of aryl methyl sites for hydroxylation is 1. The van der Waals surface area contributed by atoms with E-state index < -0.39 is 0 Å². The Kier molecular flexibility index (Phi) is 15.1. The molecule has 40 heavy (non-hydrogen) atoms. The lowest BCUT2D eigenvalue weighted by molar-refractivity contribution is -0.154. The third kappa shape index (κ3) is 11.5. The molecule has 0 saturated carbocycles. The summed E-state index contributed by atoms with van der Waals surface area (Å²) < 4.78 is 16.8. The van der Waals surface area contributed by atoms with E-state index in [0.29, 0.717) is 24.5 Å². The Morgan fingerprint density at radius 2 is 1.52 bits per heavy atom. The zero-order valence-electron chi connectivity index (χ0n) is 25.3. The molecule has 0 N–H and O–H groups in total. The Labute approximate surface area is 241 Å². The number of carbonyl (C=O) groups excluding carboxylic acids is 2. The number of allylic oxidation sites excluding steroid dienone is 1. The van der Waals surface area contributed by atoms with Crippen molar-refractivity contribution >= 4 is 23.9 Å². The molecule has 1 aromatic carbocycles. The summed E-state index contributed by atoms with van der Waals surface area (Å²) in [6.07, 6.45) is 18.6. The van der Waals surface area contributed by atoms with Gasteiger partial charge in [-0.2, -0.15) is 0 Å². The lowest BCUT2D eigenvalue weighted by atomic mass is 9.91. The fourth-order valence-electron chi connectivity index (χ4n) is 4.33. The maximum absolute atomic E-state index is 12.0. The van der Waals surface area contributed by atoms with Crippen LogP contribution in [0.15, 0.2) is 36.7 Å². The third-order valence-corrected chi connectivity index (χ3v) is 7.45. The summed E-state index contributed by atoms with van der Waals surface area (Å²) in [5, 5.41) is 0. The van der Waals surface area contributed by atoms with Crippen molar-refractivity contribution < 1.29 is 23.8 Å². The van der Waals surface area contributed by atoms with Gasteiger partial charge < -0.3 is 14.2 Å². The molecule has 0 fully saturated rings. The van der Waals surface area contributed by atoms with Crippen molar-refractivity contribution in [1.29, 1.82) is 0 Å². The number of hydrogen-bond donors (Lipinski definition) is 0. The summed E-state index contributed by atoms with van der Waals surface area (Å²) >= 11 is 0. The van der Waals surface area contributed by atoms with Crippen LogP contribution in [0.5, 0.6) is 11.5 Å². The number of nitrogens with zero attached hydrogens (tertiary/aromatic N) is 1. The van der Waals surface area contributed by atoms with E-state index in [1.165, 1.54) is 44.9 Å². The smallest absolute Gasteiger partial charge is 0.311 e. The highest BCUT2D eigenvalue weighted by atomic mass is 16.5. The first-order chi connectivity index (χ1) is 19.3. The number of aldehydes is 1. The van der Waals surface area contributed by atoms with Crippen LogP contribution in [0.1, 0.15) is 108 Å². The number of aromatic nitrogens is 1. The SMILES string of the molecule is CCC(C)(C)C(=O)OCCCCCCCCCCCCOc1ccc(/C(C=O)=C/c2ccncc2OC)cc1C. The number of hydrogen-bond acceptors (Lipinski definition) is 6. The monoisotopic (exact) mass is 551 g/mol. The van der Waals surface area contributed by atoms with Crippen LogP contribution >= 0.6 is 0 Å². The van der Waals surface area contributed by atoms with Crippen LogP contribution in [0.25, 0.3) is 11.6 Å². The number of rotatable bonds is 20. The van der Waals surface area contributed by atoms with Crippen molar-refractivity contribution in [3.05, 3.63) is 53.3 Å². The van der Waals surface area contributed by atoms with E-state index in [2.05, 4.69) is 4.98 Å². The predicted octanol–water partition coefficient (Wildman–Crippen LogP) is 8.40. The second kappa shape index (κ2) is 18.2. The highest BCUT2D eigenvalue weighted by Gasteiger charge is 2.26. The van der Waals surface area contributed by atoms with Gasteiger partial charge in [0.1, 0.15) is 11.5 Å². The number of benzene rings is 1. The van der Waals surface area contributed by atoms with Crippen molar-refractivity contribution in [3.63, 3.8) is 0 Å². The third-order valence-electron chi connectivity index (χ3n) is 7.45. The summed E-state index contributed by atoms with van der Waals surface area (Å²) in [6.45, 7) is 9.16. The zero-order chi connectivity index (χ0) is 29.2. The molecule has 1 heterocycles. The molecule has 6 nitrogen and oxygen atoms in total. The zero-order valence-corrected chi connectivity index (χ0v) is 25.3. The molecule has 0 radical (unpaired) electrons. The summed E-state index contributed by atoms with van der Waals surface area (Å²) in [5.41, 5.74) is 2.88. The molecule has 1 aromatic heterocycles. The van der Waals surface area contributed by atoms with E-state index in [4.69, 9.17) is 14.2 Å². The number of esters is 1. The molecule has 0 aliphatic heterocycles. The normalized spacial score (nSPS) is 11.8. The first-order valence-electron chi connectivity index (χ1n) is 14.9. The first-order valence-corrected chi connectivity index (χ1v) is 14.9. The minimum atomic E-state index is -0.367. The van der Waals surface area contributed by atoms with Crippen molar-refractivity contribution in [2.24, 2.45) is 5.41 Å². The number of ether oxygens (including phenoxy) is 3. The van der Waals surface area contributed by atoms with Crippen LogP contribution in [0, 0.1) is 12.3 Å². The molecule has 6 heteroatoms. The van der Waals surface area contributed by atoms with Crippen LogP contribution in [-0.4, -0.2) is 37.6 Å². The molecule has 0 amide bonds. The van der Waals surface area contributed by atoms with Gasteiger partial charge in [0.15, 0.2) is 6.29 Å². The number of pyridine rings is 1. The van der Waals surface area contributed by atoms with Crippen LogP contribution in [0.2, 0.25) is 0 Å². The number of unbranched alkanes of at least 4 members (excludes halogenated alkanes) is 9. The van der Waals surface area contributed by atoms with Crippen LogP contribution in [0.4, 0.5) is 0 Å². The molecule has 0 aliphatic rings. The van der Waals surface area contributed by atoms with Gasteiger partial charge in [-0.1, -0.05) is 64.4 Å². The molecule has 220 valence electrons. The second-order valence-corrected chi connectivity index (χ2v) is 11.1. The van der Waals surface area contributed by atoms with Gasteiger partial charge >= 0.3 is 5.97 Å². The number of carbonyl (C=O) groups is 2. The fourth-order valence-corrected chi connectivity index (χ4v) is 4.33. The highest BCUT2D eigenvalue weighted by molar-refractivity contribution is 6.13. The van der Waals surface area contributed by atoms with Crippen molar-refractivity contribution in [3.8, 4) is 11.5 Å². The Bertz CT molecular complexity index is 1080. The van der Waals surface area contributed by atoms with Gasteiger partial charge in [0.2, 0.25) is 0 Å². The molecule has 2 aromatic rings. The fraction of sp³-hybridized carbons (Fsp3) is 0.559. The highest BCUT2D eigenvalue weighted by Crippen LogP contribution is 2.27. The van der Waals surface area contributed by atoms with Crippen LogP contribution < -0.4 is 9.47 Å². The molecule has 0 spiro atoms. The lowest BCUT2D eigenvalue weighted by Gasteiger charge is -2.20. The molecule has 0 unspecified atom stereocenters. The van der Waals surface area contributed by atoms with E-state index in [0.717, 1.165) is 54.4 Å². The quantitative estimate of drug-likeness (QED) is 0.0712. The maximum atomic E-state index is 12.0. The molecule has 0 bridgehead atoms. The van der Waals surface area contributed by atoms with E-state index in [-0.39, 0.29) is 11.4 Å². The van der Waals surface area contributed by atoms with Gasteiger partial charge in [-0.15, -0.1) is 0 Å². The molecular formula is C34H49NO5. The van der Waals surface area contributed by atoms with E-state index in [1.807, 2.05) is 58.0 Å². The van der Waals surface area contributed by atoms with Gasteiger partial charge in [0.05, 0.1) is 31.9 Å². The summed E-state index contributed by atoms with van der Waals surface area (Å²) in [7, 11) is 1.59. The molecule has 2 rings (SSSR count). The average Bonchev–Trinajstić information content (AvgIpc) is 2.96. The van der Waals surface area contributed by atoms with Gasteiger partial charge in [-0.05, 0) is 75.4 Å². The van der Waals surface area contributed by atoms with Crippen LogP contribution in [0.3, 0.4) is 0 Å². The van der Waals surface area contributed by atoms with E-state index >= 15 is 0 Å². The minimum absolute atomic E-state index is 0.0754. The van der Waals surface area contributed by atoms with Gasteiger partial charge in [0, 0.05) is 17.3 Å². The average molecular weight is 552 g/mol. The van der Waals surface area contributed by atoms with E-state index in [1.54, 1.807) is 19.5 Å². The van der Waals surface area contributed by atoms with Crippen molar-refractivity contribution in [2.45, 2.75) is 98.3 Å². The van der Waals surface area contributed by atoms with Crippen LogP contribution in [-0.2, 0) is 14.3 Å². The number of methoxy groups -OCH3 is 1. The Morgan fingerprint density at radius 3 is 2.10 bits per heavy atom. The standard InChI is InChI=1S/C34H49NO5/c1-6-34(3,4)33(37)40-22-16-14-12-10-8-7-9-11-13-15-21-39-31-18-17-28(23-27(31)2)30(26-36)24-29-19-20-35-25-32(29)38-5/h17-20,23-26H,6-16,21-22H2,1-5H3/b30-24+. The largest absolute Gasteiger partial charge is 0.495 e. The second-order valence-electron chi connectivity index (χ2n) is 11.1. The molecule has 0 atom stereocenters. The van der Waals surface area contributed by atoms with Crippen molar-refractivity contribution in [2.75, 3.05) is 20.3 Å². The molecule has 0 aliphatic carbocycles. The van der Waals surface area contributed by atoms with E-state index in [9.17, 15) is 9.59 Å².